The quantitative estimate of drug-likeness (QED) is 0.142. The zero-order valence-corrected chi connectivity index (χ0v) is 24.9. The summed E-state index contributed by atoms with van der Waals surface area (Å²) in [7, 11) is 0. The average molecular weight is 618 g/mol. The van der Waals surface area contributed by atoms with E-state index in [-0.39, 0.29) is 0 Å². The summed E-state index contributed by atoms with van der Waals surface area (Å²) < 4.78 is 8.33. The molecule has 1 nitrogen and oxygen atoms in total. The van der Waals surface area contributed by atoms with Gasteiger partial charge in [-0.25, -0.2) is 0 Å². The van der Waals surface area contributed by atoms with Crippen LogP contribution in [0.5, 0.6) is 5.75 Å². The van der Waals surface area contributed by atoms with Gasteiger partial charge in [-0.15, -0.1) is 0 Å². The normalized spacial score (nSPS) is 13.3. The molecule has 0 spiro atoms. The van der Waals surface area contributed by atoms with Crippen LogP contribution in [0.1, 0.15) is 73.3 Å². The summed E-state index contributed by atoms with van der Waals surface area (Å²) >= 11 is 7.45. The first kappa shape index (κ1) is 26.3. The van der Waals surface area contributed by atoms with Crippen LogP contribution in [0.3, 0.4) is 0 Å². The van der Waals surface area contributed by atoms with Gasteiger partial charge in [0.05, 0.1) is 12.0 Å². The Morgan fingerprint density at radius 2 is 1.14 bits per heavy atom. The molecule has 4 aromatic rings. The van der Waals surface area contributed by atoms with Gasteiger partial charge in [0.1, 0.15) is 5.75 Å². The predicted molar refractivity (Wildman–Crippen MR) is 163 cm³/mol. The van der Waals surface area contributed by atoms with Gasteiger partial charge in [-0.3, -0.25) is 0 Å². The monoisotopic (exact) mass is 616 g/mol. The van der Waals surface area contributed by atoms with Crippen molar-refractivity contribution in [2.24, 2.45) is 0 Å². The minimum Gasteiger partial charge on any atom is -0.494 e. The van der Waals surface area contributed by atoms with Gasteiger partial charge < -0.3 is 4.74 Å². The van der Waals surface area contributed by atoms with Crippen LogP contribution in [0.4, 0.5) is 0 Å². The molecular formula is C34H34Br2O. The van der Waals surface area contributed by atoms with E-state index in [1.54, 1.807) is 0 Å². The van der Waals surface area contributed by atoms with Crippen molar-refractivity contribution in [2.75, 3.05) is 6.61 Å². The van der Waals surface area contributed by atoms with Crippen LogP contribution >= 0.6 is 31.9 Å². The summed E-state index contributed by atoms with van der Waals surface area (Å²) in [5.74, 6) is 0.946. The predicted octanol–water partition coefficient (Wildman–Crippen LogP) is 10.6. The van der Waals surface area contributed by atoms with Crippen molar-refractivity contribution in [3.8, 4) is 16.9 Å². The van der Waals surface area contributed by atoms with E-state index in [0.29, 0.717) is 0 Å². The first-order valence-electron chi connectivity index (χ1n) is 13.4. The third-order valence-electron chi connectivity index (χ3n) is 7.60. The van der Waals surface area contributed by atoms with Crippen LogP contribution in [0.15, 0.2) is 93.9 Å². The highest BCUT2D eigenvalue weighted by molar-refractivity contribution is 9.10. The first-order valence-corrected chi connectivity index (χ1v) is 15.0. The molecule has 0 saturated heterocycles. The Bertz CT molecular complexity index is 1300. The van der Waals surface area contributed by atoms with E-state index in [0.717, 1.165) is 27.7 Å². The molecular weight excluding hydrogens is 584 g/mol. The van der Waals surface area contributed by atoms with Crippen molar-refractivity contribution < 1.29 is 4.74 Å². The average Bonchev–Trinajstić information content (AvgIpc) is 3.18. The molecule has 0 amide bonds. The van der Waals surface area contributed by atoms with E-state index in [2.05, 4.69) is 131 Å². The smallest absolute Gasteiger partial charge is 0.119 e. The van der Waals surface area contributed by atoms with Gasteiger partial charge in [0.15, 0.2) is 0 Å². The van der Waals surface area contributed by atoms with Crippen LogP contribution in [0.2, 0.25) is 0 Å². The third kappa shape index (κ3) is 5.18. The summed E-state index contributed by atoms with van der Waals surface area (Å²) in [6.45, 7) is 5.19. The molecule has 0 N–H and O–H groups in total. The molecule has 4 aromatic carbocycles. The van der Waals surface area contributed by atoms with E-state index in [1.165, 1.54) is 71.0 Å². The third-order valence-corrected chi connectivity index (χ3v) is 8.59. The minimum absolute atomic E-state index is 0.391. The van der Waals surface area contributed by atoms with E-state index in [9.17, 15) is 0 Å². The van der Waals surface area contributed by atoms with Crippen molar-refractivity contribution in [1.82, 2.24) is 0 Å². The van der Waals surface area contributed by atoms with Crippen LogP contribution in [-0.2, 0) is 5.41 Å². The van der Waals surface area contributed by atoms with Crippen molar-refractivity contribution in [1.29, 1.82) is 0 Å². The van der Waals surface area contributed by atoms with Crippen molar-refractivity contribution in [2.45, 2.75) is 57.8 Å². The van der Waals surface area contributed by atoms with Gasteiger partial charge in [0.2, 0.25) is 0 Å². The fourth-order valence-electron chi connectivity index (χ4n) is 5.74. The lowest BCUT2D eigenvalue weighted by molar-refractivity contribution is 0.304. The molecule has 0 bridgehead atoms. The van der Waals surface area contributed by atoms with Crippen molar-refractivity contribution >= 4 is 31.9 Å². The van der Waals surface area contributed by atoms with E-state index >= 15 is 0 Å². The lowest BCUT2D eigenvalue weighted by Crippen LogP contribution is -2.28. The maximum atomic E-state index is 6.14. The minimum atomic E-state index is -0.391. The number of fused-ring (bicyclic) bond motifs is 3. The Balaban J connectivity index is 1.54. The summed E-state index contributed by atoms with van der Waals surface area (Å²) in [5, 5.41) is 0. The lowest BCUT2D eigenvalue weighted by Gasteiger charge is -2.34. The number of benzene rings is 4. The second-order valence-electron chi connectivity index (χ2n) is 10.1. The molecule has 0 saturated carbocycles. The zero-order valence-electron chi connectivity index (χ0n) is 21.7. The van der Waals surface area contributed by atoms with Gasteiger partial charge in [0, 0.05) is 8.95 Å². The van der Waals surface area contributed by atoms with E-state index in [1.807, 2.05) is 0 Å². The Kier molecular flexibility index (Phi) is 8.21. The topological polar surface area (TPSA) is 9.23 Å². The highest BCUT2D eigenvalue weighted by Gasteiger charge is 2.46. The molecule has 0 unspecified atom stereocenters. The zero-order chi connectivity index (χ0) is 25.8. The highest BCUT2D eigenvalue weighted by atomic mass is 79.9. The Labute approximate surface area is 238 Å². The highest BCUT2D eigenvalue weighted by Crippen LogP contribution is 2.57. The van der Waals surface area contributed by atoms with Crippen LogP contribution < -0.4 is 4.74 Å². The number of hydrogen-bond donors (Lipinski definition) is 0. The standard InChI is InChI=1S/C34H34Br2O/c1-3-4-5-6-7-8-21-37-29-17-13-26(14-18-29)34(25-11-9-24(2)10-12-25)32-19-15-27(35)22-30(32)31-23-28(36)16-20-33(31)34/h9-20,22-23H,3-8,21H2,1-2H3. The van der Waals surface area contributed by atoms with Crippen LogP contribution in [0.25, 0.3) is 11.1 Å². The Morgan fingerprint density at radius 3 is 1.70 bits per heavy atom. The molecule has 3 heteroatoms. The van der Waals surface area contributed by atoms with Gasteiger partial charge in [-0.05, 0) is 83.1 Å². The number of halogens is 2. The number of aryl methyl sites for hydroxylation is 1. The Morgan fingerprint density at radius 1 is 0.622 bits per heavy atom. The largest absolute Gasteiger partial charge is 0.494 e. The van der Waals surface area contributed by atoms with Gasteiger partial charge >= 0.3 is 0 Å². The van der Waals surface area contributed by atoms with Crippen LogP contribution in [0, 0.1) is 6.92 Å². The van der Waals surface area contributed by atoms with Crippen molar-refractivity contribution in [3.63, 3.8) is 0 Å². The van der Waals surface area contributed by atoms with Gasteiger partial charge in [0.25, 0.3) is 0 Å². The number of hydrogen-bond acceptors (Lipinski definition) is 1. The second-order valence-corrected chi connectivity index (χ2v) is 12.0. The summed E-state index contributed by atoms with van der Waals surface area (Å²) in [5.41, 5.74) is 8.59. The van der Waals surface area contributed by atoms with Gasteiger partial charge in [-0.1, -0.05) is 125 Å². The molecule has 5 rings (SSSR count). The van der Waals surface area contributed by atoms with E-state index < -0.39 is 5.41 Å². The lowest BCUT2D eigenvalue weighted by atomic mass is 9.67. The molecule has 0 aromatic heterocycles. The fraction of sp³-hybridized carbons (Fsp3) is 0.294. The first-order chi connectivity index (χ1) is 18.0. The molecule has 0 atom stereocenters. The molecule has 0 fully saturated rings. The molecule has 0 radical (unpaired) electrons. The molecule has 1 aliphatic carbocycles. The SMILES string of the molecule is CCCCCCCCOc1ccc(C2(c3ccc(C)cc3)c3ccc(Br)cc3-c3cc(Br)ccc32)cc1. The molecule has 190 valence electrons. The molecule has 1 aliphatic rings. The Hall–Kier alpha value is -2.36. The molecule has 37 heavy (non-hydrogen) atoms. The number of ether oxygens (including phenoxy) is 1. The second kappa shape index (κ2) is 11.6. The van der Waals surface area contributed by atoms with Crippen LogP contribution in [-0.4, -0.2) is 6.61 Å². The van der Waals surface area contributed by atoms with Gasteiger partial charge in [-0.2, -0.15) is 0 Å². The maximum Gasteiger partial charge on any atom is 0.119 e. The summed E-state index contributed by atoms with van der Waals surface area (Å²) in [6.07, 6.45) is 7.63. The number of unbranched alkanes of at least 4 members (excludes halogenated alkanes) is 5. The summed E-state index contributed by atoms with van der Waals surface area (Å²) in [4.78, 5) is 0. The summed E-state index contributed by atoms with van der Waals surface area (Å²) in [6, 6.07) is 31.3. The molecule has 0 aliphatic heterocycles. The van der Waals surface area contributed by atoms with E-state index in [4.69, 9.17) is 4.74 Å². The van der Waals surface area contributed by atoms with Crippen molar-refractivity contribution in [3.05, 3.63) is 122 Å². The number of rotatable bonds is 10. The maximum absolute atomic E-state index is 6.14. The fourth-order valence-corrected chi connectivity index (χ4v) is 6.47. The molecule has 0 heterocycles.